The van der Waals surface area contributed by atoms with Gasteiger partial charge in [0, 0.05) is 19.0 Å². The van der Waals surface area contributed by atoms with Crippen molar-refractivity contribution in [1.29, 1.82) is 0 Å². The molecule has 0 atom stereocenters. The quantitative estimate of drug-likeness (QED) is 0.606. The first-order valence-corrected chi connectivity index (χ1v) is 8.94. The van der Waals surface area contributed by atoms with Crippen LogP contribution in [-0.2, 0) is 17.6 Å². The molecule has 29 heavy (non-hydrogen) atoms. The summed E-state index contributed by atoms with van der Waals surface area (Å²) in [5, 5.41) is 5.31. The van der Waals surface area contributed by atoms with Crippen molar-refractivity contribution in [2.24, 2.45) is 5.10 Å². The van der Waals surface area contributed by atoms with E-state index in [-0.39, 0.29) is 47.1 Å². The van der Waals surface area contributed by atoms with Crippen LogP contribution in [0.15, 0.2) is 35.4 Å². The summed E-state index contributed by atoms with van der Waals surface area (Å²) in [6.45, 7) is 8.89. The molecular weight excluding hydrogens is 383 g/mol. The molecule has 0 spiro atoms. The minimum atomic E-state index is -2.78. The van der Waals surface area contributed by atoms with Gasteiger partial charge in [0.05, 0.1) is 18.7 Å². The molecule has 0 saturated carbocycles. The number of carbonyl (C=O) groups is 1. The van der Waals surface area contributed by atoms with Gasteiger partial charge < -0.3 is 4.74 Å². The Labute approximate surface area is 166 Å². The van der Waals surface area contributed by atoms with Crippen LogP contribution in [0.1, 0.15) is 36.5 Å². The van der Waals surface area contributed by atoms with Crippen molar-refractivity contribution >= 4 is 17.3 Å². The fourth-order valence-corrected chi connectivity index (χ4v) is 3.05. The van der Waals surface area contributed by atoms with Gasteiger partial charge in [0.25, 0.3) is 6.43 Å². The van der Waals surface area contributed by atoms with Crippen molar-refractivity contribution in [2.75, 3.05) is 7.05 Å². The molecule has 5 nitrogen and oxygen atoms in total. The summed E-state index contributed by atoms with van der Waals surface area (Å²) >= 11 is 0. The van der Waals surface area contributed by atoms with E-state index in [4.69, 9.17) is 11.3 Å². The topological polar surface area (TPSA) is 46.3 Å². The summed E-state index contributed by atoms with van der Waals surface area (Å²) < 4.78 is 47.1. The Kier molecular flexibility index (Phi) is 5.87. The van der Waals surface area contributed by atoms with Gasteiger partial charge in [-0.3, -0.25) is 4.79 Å². The lowest BCUT2D eigenvalue weighted by Crippen LogP contribution is -2.14. The van der Waals surface area contributed by atoms with Crippen molar-refractivity contribution in [2.45, 2.75) is 32.6 Å². The van der Waals surface area contributed by atoms with E-state index in [2.05, 4.69) is 9.95 Å². The molecule has 0 saturated heterocycles. The number of carbonyl (C=O) groups excluding carboxylic acids is 1. The van der Waals surface area contributed by atoms with Gasteiger partial charge in [0.2, 0.25) is 5.91 Å². The Hall–Kier alpha value is -3.34. The first-order chi connectivity index (χ1) is 13.8. The number of alkyl halides is 2. The van der Waals surface area contributed by atoms with E-state index in [0.717, 1.165) is 12.1 Å². The molecule has 1 heterocycles. The zero-order valence-corrected chi connectivity index (χ0v) is 15.9. The number of halogens is 3. The van der Waals surface area contributed by atoms with Gasteiger partial charge in [-0.05, 0) is 35.7 Å². The summed E-state index contributed by atoms with van der Waals surface area (Å²) in [7, 11) is 1.53. The Morgan fingerprint density at radius 2 is 2.00 bits per heavy atom. The molecule has 1 aliphatic rings. The van der Waals surface area contributed by atoms with Crippen LogP contribution in [0.4, 0.5) is 18.9 Å². The van der Waals surface area contributed by atoms with Crippen LogP contribution in [0, 0.1) is 12.4 Å². The summed E-state index contributed by atoms with van der Waals surface area (Å²) in [4.78, 5) is 14.8. The van der Waals surface area contributed by atoms with E-state index >= 15 is 4.39 Å². The summed E-state index contributed by atoms with van der Waals surface area (Å²) in [6, 6.07) is 6.76. The molecule has 0 unspecified atom stereocenters. The molecule has 150 valence electrons. The Bertz CT molecular complexity index is 1030. The van der Waals surface area contributed by atoms with Crippen LogP contribution < -0.4 is 4.74 Å². The number of nitrogens with zero attached hydrogens (tertiary/aromatic N) is 3. The van der Waals surface area contributed by atoms with Gasteiger partial charge in [0.15, 0.2) is 17.3 Å². The predicted molar refractivity (Wildman–Crippen MR) is 102 cm³/mol. The standard InChI is InChI=1S/C21H18F3N3O2/c1-4-12-5-6-13(7-16-11-18(28)27(3)26-16)19(22)20(12)29-17-9-14(21(23)24)8-15(10-17)25-2/h5-6,8-10,21H,4,7,11H2,1,3H3. The van der Waals surface area contributed by atoms with Crippen LogP contribution in [0.25, 0.3) is 4.85 Å². The molecule has 0 aliphatic carbocycles. The second-order valence-corrected chi connectivity index (χ2v) is 6.59. The first kappa shape index (κ1) is 20.4. The number of hydrazone groups is 1. The number of hydrogen-bond donors (Lipinski definition) is 0. The number of hydrogen-bond acceptors (Lipinski definition) is 3. The Morgan fingerprint density at radius 1 is 1.28 bits per heavy atom. The van der Waals surface area contributed by atoms with Crippen LogP contribution in [0.5, 0.6) is 11.5 Å². The predicted octanol–water partition coefficient (Wildman–Crippen LogP) is 5.43. The maximum atomic E-state index is 15.2. The lowest BCUT2D eigenvalue weighted by Gasteiger charge is -2.15. The van der Waals surface area contributed by atoms with Gasteiger partial charge in [-0.15, -0.1) is 0 Å². The smallest absolute Gasteiger partial charge is 0.262 e. The van der Waals surface area contributed by atoms with E-state index in [1.54, 1.807) is 12.1 Å². The van der Waals surface area contributed by atoms with Gasteiger partial charge in [0.1, 0.15) is 5.75 Å². The molecule has 2 aromatic rings. The minimum Gasteiger partial charge on any atom is -0.455 e. The number of ether oxygens (including phenoxy) is 1. The second-order valence-electron chi connectivity index (χ2n) is 6.59. The summed E-state index contributed by atoms with van der Waals surface area (Å²) in [6.07, 6.45) is -2.08. The molecule has 1 amide bonds. The third-order valence-corrected chi connectivity index (χ3v) is 4.56. The van der Waals surface area contributed by atoms with Crippen molar-refractivity contribution in [1.82, 2.24) is 5.01 Å². The molecule has 0 N–H and O–H groups in total. The molecule has 0 fully saturated rings. The molecule has 8 heteroatoms. The van der Waals surface area contributed by atoms with Crippen LogP contribution in [0.3, 0.4) is 0 Å². The average molecular weight is 401 g/mol. The average Bonchev–Trinajstić information content (AvgIpc) is 3.01. The molecule has 2 aromatic carbocycles. The van der Waals surface area contributed by atoms with Crippen LogP contribution in [0.2, 0.25) is 0 Å². The second kappa shape index (κ2) is 8.35. The maximum Gasteiger partial charge on any atom is 0.262 e. The lowest BCUT2D eigenvalue weighted by molar-refractivity contribution is -0.127. The molecule has 0 bridgehead atoms. The maximum absolute atomic E-state index is 15.2. The first-order valence-electron chi connectivity index (χ1n) is 8.94. The number of benzene rings is 2. The lowest BCUT2D eigenvalue weighted by atomic mass is 10.0. The van der Waals surface area contributed by atoms with Gasteiger partial charge >= 0.3 is 0 Å². The third kappa shape index (κ3) is 4.40. The number of amides is 1. The normalized spacial score (nSPS) is 13.6. The highest BCUT2D eigenvalue weighted by molar-refractivity contribution is 6.05. The fourth-order valence-electron chi connectivity index (χ4n) is 3.05. The van der Waals surface area contributed by atoms with Gasteiger partial charge in [-0.2, -0.15) is 5.10 Å². The fraction of sp³-hybridized carbons (Fsp3) is 0.286. The third-order valence-electron chi connectivity index (χ3n) is 4.56. The summed E-state index contributed by atoms with van der Waals surface area (Å²) in [5.41, 5.74) is 0.981. The Balaban J connectivity index is 1.97. The van der Waals surface area contributed by atoms with E-state index in [1.165, 1.54) is 18.1 Å². The van der Waals surface area contributed by atoms with E-state index in [0.29, 0.717) is 17.7 Å². The Morgan fingerprint density at radius 3 is 2.59 bits per heavy atom. The monoisotopic (exact) mass is 401 g/mol. The van der Waals surface area contributed by atoms with Crippen LogP contribution >= 0.6 is 0 Å². The SMILES string of the molecule is [C-]#[N+]c1cc(Oc2c(CC)ccc(CC3=NN(C)C(=O)C3)c2F)cc(C(F)F)c1. The molecule has 0 radical (unpaired) electrons. The summed E-state index contributed by atoms with van der Waals surface area (Å²) in [5.74, 6) is -0.920. The number of aryl methyl sites for hydroxylation is 1. The van der Waals surface area contributed by atoms with Crippen molar-refractivity contribution in [3.05, 3.63) is 64.3 Å². The van der Waals surface area contributed by atoms with Gasteiger partial charge in [-0.25, -0.2) is 23.0 Å². The van der Waals surface area contributed by atoms with E-state index < -0.39 is 12.2 Å². The van der Waals surface area contributed by atoms with Crippen molar-refractivity contribution in [3.63, 3.8) is 0 Å². The van der Waals surface area contributed by atoms with Crippen LogP contribution in [-0.4, -0.2) is 23.7 Å². The highest BCUT2D eigenvalue weighted by atomic mass is 19.3. The molecular formula is C21H18F3N3O2. The molecule has 0 aromatic heterocycles. The number of rotatable bonds is 6. The molecule has 1 aliphatic heterocycles. The molecule has 3 rings (SSSR count). The largest absolute Gasteiger partial charge is 0.455 e. The highest BCUT2D eigenvalue weighted by Crippen LogP contribution is 2.36. The van der Waals surface area contributed by atoms with Crippen molar-refractivity contribution in [3.8, 4) is 11.5 Å². The zero-order chi connectivity index (χ0) is 21.1. The zero-order valence-electron chi connectivity index (χ0n) is 15.9. The minimum absolute atomic E-state index is 0.0192. The van der Waals surface area contributed by atoms with Gasteiger partial charge in [-0.1, -0.05) is 19.1 Å². The van der Waals surface area contributed by atoms with Crippen molar-refractivity contribution < 1.29 is 22.7 Å². The van der Waals surface area contributed by atoms with E-state index in [9.17, 15) is 13.6 Å². The van der Waals surface area contributed by atoms with E-state index in [1.807, 2.05) is 6.92 Å². The highest BCUT2D eigenvalue weighted by Gasteiger charge is 2.23.